The molecule has 1 rings (SSSR count). The van der Waals surface area contributed by atoms with E-state index in [0.717, 1.165) is 0 Å². The Morgan fingerprint density at radius 3 is 2.56 bits per heavy atom. The third-order valence-electron chi connectivity index (χ3n) is 2.05. The monoisotopic (exact) mass is 262 g/mol. The van der Waals surface area contributed by atoms with Gasteiger partial charge in [0.05, 0.1) is 18.8 Å². The minimum atomic E-state index is -1.30. The molecule has 0 radical (unpaired) electrons. The average Bonchev–Trinajstić information content (AvgIpc) is 2.32. The van der Waals surface area contributed by atoms with Gasteiger partial charge in [-0.3, -0.25) is 4.79 Å². The van der Waals surface area contributed by atoms with E-state index >= 15 is 0 Å². The standard InChI is InChI=1S/C11H13F3N2O2/c1-18-3-2-15-6-11(17)16-10-5-8(13)7(12)4-9(10)14/h4-5,15H,2-3,6H2,1H3,(H,16,17). The molecule has 100 valence electrons. The molecule has 0 spiro atoms. The Labute approximate surface area is 102 Å². The first-order valence-corrected chi connectivity index (χ1v) is 5.18. The molecule has 0 saturated heterocycles. The van der Waals surface area contributed by atoms with Gasteiger partial charge in [-0.2, -0.15) is 0 Å². The second-order valence-electron chi connectivity index (χ2n) is 3.46. The number of ether oxygens (including phenoxy) is 1. The van der Waals surface area contributed by atoms with Crippen molar-refractivity contribution in [2.24, 2.45) is 0 Å². The van der Waals surface area contributed by atoms with Gasteiger partial charge >= 0.3 is 0 Å². The van der Waals surface area contributed by atoms with Gasteiger partial charge in [0.2, 0.25) is 5.91 Å². The van der Waals surface area contributed by atoms with Crippen molar-refractivity contribution in [1.82, 2.24) is 5.32 Å². The number of carbonyl (C=O) groups excluding carboxylic acids is 1. The lowest BCUT2D eigenvalue weighted by Gasteiger charge is -2.07. The van der Waals surface area contributed by atoms with Crippen LogP contribution in [0.4, 0.5) is 18.9 Å². The second kappa shape index (κ2) is 6.97. The number of methoxy groups -OCH3 is 1. The first kappa shape index (κ1) is 14.5. The lowest BCUT2D eigenvalue weighted by Crippen LogP contribution is -2.30. The van der Waals surface area contributed by atoms with Crippen LogP contribution in [-0.4, -0.2) is 32.7 Å². The van der Waals surface area contributed by atoms with E-state index in [1.807, 2.05) is 0 Å². The van der Waals surface area contributed by atoms with Crippen LogP contribution in [0, 0.1) is 17.5 Å². The molecule has 0 unspecified atom stereocenters. The summed E-state index contributed by atoms with van der Waals surface area (Å²) in [6.07, 6.45) is 0. The van der Waals surface area contributed by atoms with E-state index in [2.05, 4.69) is 10.6 Å². The number of hydrogen-bond donors (Lipinski definition) is 2. The van der Waals surface area contributed by atoms with Crippen LogP contribution in [0.1, 0.15) is 0 Å². The van der Waals surface area contributed by atoms with Gasteiger partial charge in [0, 0.05) is 25.8 Å². The Bertz CT molecular complexity index is 427. The van der Waals surface area contributed by atoms with Crippen molar-refractivity contribution in [3.8, 4) is 0 Å². The lowest BCUT2D eigenvalue weighted by molar-refractivity contribution is -0.115. The summed E-state index contributed by atoms with van der Waals surface area (Å²) in [5.74, 6) is -4.11. The Kier molecular flexibility index (Phi) is 5.60. The molecule has 7 heteroatoms. The van der Waals surface area contributed by atoms with Crippen LogP contribution in [-0.2, 0) is 9.53 Å². The van der Waals surface area contributed by atoms with E-state index in [1.54, 1.807) is 0 Å². The summed E-state index contributed by atoms with van der Waals surface area (Å²) in [5.41, 5.74) is -0.396. The highest BCUT2D eigenvalue weighted by Crippen LogP contribution is 2.18. The molecule has 0 saturated carbocycles. The summed E-state index contributed by atoms with van der Waals surface area (Å²) in [6.45, 7) is 0.790. The predicted molar refractivity (Wildman–Crippen MR) is 59.7 cm³/mol. The van der Waals surface area contributed by atoms with Gasteiger partial charge in [0.15, 0.2) is 11.6 Å². The Morgan fingerprint density at radius 1 is 1.22 bits per heavy atom. The van der Waals surface area contributed by atoms with E-state index in [1.165, 1.54) is 7.11 Å². The van der Waals surface area contributed by atoms with Gasteiger partial charge < -0.3 is 15.4 Å². The highest BCUT2D eigenvalue weighted by atomic mass is 19.2. The number of halogens is 3. The molecule has 1 aromatic carbocycles. The zero-order chi connectivity index (χ0) is 13.5. The fraction of sp³-hybridized carbons (Fsp3) is 0.364. The molecule has 0 heterocycles. The number of carbonyl (C=O) groups is 1. The zero-order valence-corrected chi connectivity index (χ0v) is 9.73. The summed E-state index contributed by atoms with van der Waals surface area (Å²) < 4.78 is 43.4. The second-order valence-corrected chi connectivity index (χ2v) is 3.46. The summed E-state index contributed by atoms with van der Waals surface area (Å²) in [4.78, 5) is 11.3. The predicted octanol–water partition coefficient (Wildman–Crippen LogP) is 1.28. The van der Waals surface area contributed by atoms with Gasteiger partial charge in [-0.25, -0.2) is 13.2 Å². The number of anilines is 1. The molecule has 0 fully saturated rings. The van der Waals surface area contributed by atoms with Gasteiger partial charge in [0.1, 0.15) is 5.82 Å². The van der Waals surface area contributed by atoms with E-state index in [4.69, 9.17) is 4.74 Å². The first-order chi connectivity index (χ1) is 8.54. The maximum Gasteiger partial charge on any atom is 0.238 e. The highest BCUT2D eigenvalue weighted by Gasteiger charge is 2.11. The summed E-state index contributed by atoms with van der Waals surface area (Å²) in [7, 11) is 1.51. The zero-order valence-electron chi connectivity index (χ0n) is 9.73. The van der Waals surface area contributed by atoms with E-state index < -0.39 is 29.0 Å². The van der Waals surface area contributed by atoms with Crippen LogP contribution in [0.2, 0.25) is 0 Å². The third-order valence-corrected chi connectivity index (χ3v) is 2.05. The Balaban J connectivity index is 2.51. The maximum absolute atomic E-state index is 13.2. The molecule has 0 bridgehead atoms. The Morgan fingerprint density at radius 2 is 1.89 bits per heavy atom. The minimum absolute atomic E-state index is 0.0816. The molecule has 0 aromatic heterocycles. The molecule has 0 aliphatic rings. The summed E-state index contributed by atoms with van der Waals surface area (Å²) >= 11 is 0. The Hall–Kier alpha value is -1.60. The van der Waals surface area contributed by atoms with Gasteiger partial charge in [-0.1, -0.05) is 0 Å². The van der Waals surface area contributed by atoms with Crippen molar-refractivity contribution in [1.29, 1.82) is 0 Å². The fourth-order valence-electron chi connectivity index (χ4n) is 1.19. The van der Waals surface area contributed by atoms with Crippen molar-refractivity contribution < 1.29 is 22.7 Å². The SMILES string of the molecule is COCCNCC(=O)Nc1cc(F)c(F)cc1F. The number of benzene rings is 1. The lowest BCUT2D eigenvalue weighted by atomic mass is 10.3. The van der Waals surface area contributed by atoms with E-state index in [0.29, 0.717) is 25.3 Å². The quantitative estimate of drug-likeness (QED) is 0.600. The number of hydrogen-bond acceptors (Lipinski definition) is 3. The molecule has 4 nitrogen and oxygen atoms in total. The van der Waals surface area contributed by atoms with Crippen LogP contribution in [0.3, 0.4) is 0 Å². The minimum Gasteiger partial charge on any atom is -0.383 e. The molecule has 0 aliphatic carbocycles. The van der Waals surface area contributed by atoms with Crippen molar-refractivity contribution in [2.45, 2.75) is 0 Å². The van der Waals surface area contributed by atoms with E-state index in [-0.39, 0.29) is 6.54 Å². The fourth-order valence-corrected chi connectivity index (χ4v) is 1.19. The third kappa shape index (κ3) is 4.34. The molecular weight excluding hydrogens is 249 g/mol. The normalized spacial score (nSPS) is 10.4. The van der Waals surface area contributed by atoms with Crippen LogP contribution < -0.4 is 10.6 Å². The van der Waals surface area contributed by atoms with Crippen LogP contribution in [0.5, 0.6) is 0 Å². The summed E-state index contributed by atoms with van der Waals surface area (Å²) in [5, 5.41) is 4.86. The maximum atomic E-state index is 13.2. The first-order valence-electron chi connectivity index (χ1n) is 5.18. The van der Waals surface area contributed by atoms with Crippen molar-refractivity contribution in [3.63, 3.8) is 0 Å². The summed E-state index contributed by atoms with van der Waals surface area (Å²) in [6, 6.07) is 0.973. The molecule has 2 N–H and O–H groups in total. The van der Waals surface area contributed by atoms with Crippen molar-refractivity contribution in [2.75, 3.05) is 32.1 Å². The van der Waals surface area contributed by atoms with Crippen molar-refractivity contribution in [3.05, 3.63) is 29.6 Å². The molecule has 0 atom stereocenters. The van der Waals surface area contributed by atoms with Crippen molar-refractivity contribution >= 4 is 11.6 Å². The highest BCUT2D eigenvalue weighted by molar-refractivity contribution is 5.92. The van der Waals surface area contributed by atoms with Crippen LogP contribution >= 0.6 is 0 Å². The smallest absolute Gasteiger partial charge is 0.238 e. The van der Waals surface area contributed by atoms with Gasteiger partial charge in [-0.15, -0.1) is 0 Å². The van der Waals surface area contributed by atoms with Gasteiger partial charge in [-0.05, 0) is 0 Å². The molecule has 1 aromatic rings. The number of rotatable bonds is 6. The van der Waals surface area contributed by atoms with Crippen LogP contribution in [0.25, 0.3) is 0 Å². The number of amides is 1. The largest absolute Gasteiger partial charge is 0.383 e. The van der Waals surface area contributed by atoms with E-state index in [9.17, 15) is 18.0 Å². The topological polar surface area (TPSA) is 50.4 Å². The molecule has 0 aliphatic heterocycles. The average molecular weight is 262 g/mol. The molecule has 18 heavy (non-hydrogen) atoms. The van der Waals surface area contributed by atoms with Crippen LogP contribution in [0.15, 0.2) is 12.1 Å². The molecular formula is C11H13F3N2O2. The number of nitrogens with one attached hydrogen (secondary N) is 2. The van der Waals surface area contributed by atoms with Gasteiger partial charge in [0.25, 0.3) is 0 Å². The molecule has 1 amide bonds.